The number of pyridine rings is 1. The Morgan fingerprint density at radius 2 is 0.762 bits per heavy atom. The molecule has 42 heavy (non-hydrogen) atoms. The molecule has 0 spiro atoms. The molecule has 0 unspecified atom stereocenters. The summed E-state index contributed by atoms with van der Waals surface area (Å²) in [6.45, 7) is 0. The predicted molar refractivity (Wildman–Crippen MR) is 174 cm³/mol. The van der Waals surface area contributed by atoms with Gasteiger partial charge in [0.05, 0.1) is 17.1 Å². The molecule has 8 rings (SSSR count). The second kappa shape index (κ2) is 10.1. The molecule has 0 atom stereocenters. The first-order valence-electron chi connectivity index (χ1n) is 14.1. The van der Waals surface area contributed by atoms with Gasteiger partial charge in [-0.25, -0.2) is 9.97 Å². The van der Waals surface area contributed by atoms with Crippen LogP contribution in [0, 0.1) is 0 Å². The maximum atomic E-state index is 5.09. The molecule has 0 N–H and O–H groups in total. The van der Waals surface area contributed by atoms with E-state index in [2.05, 4.69) is 140 Å². The highest BCUT2D eigenvalue weighted by Gasteiger charge is 2.12. The minimum absolute atomic E-state index is 0.710. The van der Waals surface area contributed by atoms with Crippen LogP contribution in [0.1, 0.15) is 0 Å². The summed E-state index contributed by atoms with van der Waals surface area (Å²) >= 11 is 0. The van der Waals surface area contributed by atoms with E-state index in [9.17, 15) is 0 Å². The standard InChI is InChI=1S/C39H25N3/c1-3-9-30-21-33(19-13-26(30)7-1)38-24-37(41-39(42-38)34-20-14-27-8-2-4-10-31(27)22-34)29-17-15-28(16-18-29)36-23-32-11-5-6-12-35(32)25-40-36/h1-25H. The van der Waals surface area contributed by atoms with Gasteiger partial charge in [-0.2, -0.15) is 0 Å². The van der Waals surface area contributed by atoms with E-state index in [4.69, 9.17) is 15.0 Å². The van der Waals surface area contributed by atoms with Crippen molar-refractivity contribution in [2.45, 2.75) is 0 Å². The monoisotopic (exact) mass is 535 g/mol. The van der Waals surface area contributed by atoms with E-state index in [-0.39, 0.29) is 0 Å². The zero-order chi connectivity index (χ0) is 27.9. The quantitative estimate of drug-likeness (QED) is 0.225. The van der Waals surface area contributed by atoms with Gasteiger partial charge in [-0.05, 0) is 51.2 Å². The van der Waals surface area contributed by atoms with Crippen molar-refractivity contribution >= 4 is 32.3 Å². The molecule has 8 aromatic rings. The van der Waals surface area contributed by atoms with Gasteiger partial charge in [0.15, 0.2) is 5.82 Å². The Kier molecular flexibility index (Phi) is 5.79. The first kappa shape index (κ1) is 24.2. The van der Waals surface area contributed by atoms with Crippen LogP contribution in [0.5, 0.6) is 0 Å². The predicted octanol–water partition coefficient (Wildman–Crippen LogP) is 10.00. The average Bonchev–Trinajstić information content (AvgIpc) is 3.07. The second-order valence-corrected chi connectivity index (χ2v) is 10.6. The van der Waals surface area contributed by atoms with Gasteiger partial charge in [0.1, 0.15) is 0 Å². The van der Waals surface area contributed by atoms with Crippen molar-refractivity contribution in [3.63, 3.8) is 0 Å². The fourth-order valence-electron chi connectivity index (χ4n) is 5.60. The third-order valence-corrected chi connectivity index (χ3v) is 7.89. The molecule has 0 saturated carbocycles. The highest BCUT2D eigenvalue weighted by molar-refractivity contribution is 5.89. The van der Waals surface area contributed by atoms with Gasteiger partial charge in [0.2, 0.25) is 0 Å². The number of benzene rings is 6. The summed E-state index contributed by atoms with van der Waals surface area (Å²) in [6.07, 6.45) is 1.94. The highest BCUT2D eigenvalue weighted by Crippen LogP contribution is 2.32. The Morgan fingerprint density at radius 1 is 0.310 bits per heavy atom. The molecule has 0 bridgehead atoms. The van der Waals surface area contributed by atoms with Crippen LogP contribution in [0.3, 0.4) is 0 Å². The minimum atomic E-state index is 0.710. The molecule has 196 valence electrons. The highest BCUT2D eigenvalue weighted by atomic mass is 14.9. The van der Waals surface area contributed by atoms with Crippen LogP contribution < -0.4 is 0 Å². The Labute approximate surface area is 243 Å². The molecule has 0 aliphatic rings. The molecular formula is C39H25N3. The third-order valence-electron chi connectivity index (χ3n) is 7.89. The van der Waals surface area contributed by atoms with Gasteiger partial charge in [-0.1, -0.05) is 121 Å². The molecule has 0 fully saturated rings. The van der Waals surface area contributed by atoms with Crippen LogP contribution in [0.4, 0.5) is 0 Å². The summed E-state index contributed by atoms with van der Waals surface area (Å²) in [4.78, 5) is 14.9. The number of hydrogen-bond acceptors (Lipinski definition) is 3. The van der Waals surface area contributed by atoms with Gasteiger partial charge in [0.25, 0.3) is 0 Å². The second-order valence-electron chi connectivity index (χ2n) is 10.6. The smallest absolute Gasteiger partial charge is 0.160 e. The number of rotatable bonds is 4. The van der Waals surface area contributed by atoms with Gasteiger partial charge >= 0.3 is 0 Å². The van der Waals surface area contributed by atoms with Crippen LogP contribution in [0.2, 0.25) is 0 Å². The van der Waals surface area contributed by atoms with Crippen LogP contribution >= 0.6 is 0 Å². The first-order chi connectivity index (χ1) is 20.8. The molecule has 2 heterocycles. The summed E-state index contributed by atoms with van der Waals surface area (Å²) in [6, 6.07) is 50.8. The summed E-state index contributed by atoms with van der Waals surface area (Å²) < 4.78 is 0. The number of fused-ring (bicyclic) bond motifs is 3. The summed E-state index contributed by atoms with van der Waals surface area (Å²) in [5.74, 6) is 0.710. The molecule has 0 radical (unpaired) electrons. The zero-order valence-electron chi connectivity index (χ0n) is 22.8. The lowest BCUT2D eigenvalue weighted by atomic mass is 10.0. The van der Waals surface area contributed by atoms with E-state index in [0.717, 1.165) is 44.7 Å². The molecule has 2 aromatic heterocycles. The summed E-state index contributed by atoms with van der Waals surface area (Å²) in [5.41, 5.74) is 6.90. The number of nitrogens with zero attached hydrogens (tertiary/aromatic N) is 3. The van der Waals surface area contributed by atoms with Crippen molar-refractivity contribution in [1.82, 2.24) is 15.0 Å². The van der Waals surface area contributed by atoms with E-state index in [1.54, 1.807) is 0 Å². The van der Waals surface area contributed by atoms with E-state index in [1.165, 1.54) is 26.9 Å². The van der Waals surface area contributed by atoms with E-state index in [0.29, 0.717) is 5.82 Å². The van der Waals surface area contributed by atoms with E-state index in [1.807, 2.05) is 12.3 Å². The van der Waals surface area contributed by atoms with Gasteiger partial charge < -0.3 is 0 Å². The molecule has 0 saturated heterocycles. The van der Waals surface area contributed by atoms with Gasteiger partial charge in [0, 0.05) is 33.8 Å². The number of hydrogen-bond donors (Lipinski definition) is 0. The lowest BCUT2D eigenvalue weighted by Crippen LogP contribution is -1.96. The largest absolute Gasteiger partial charge is 0.256 e. The van der Waals surface area contributed by atoms with Crippen molar-refractivity contribution in [3.8, 4) is 45.2 Å². The third kappa shape index (κ3) is 4.47. The van der Waals surface area contributed by atoms with Crippen LogP contribution in [0.25, 0.3) is 77.5 Å². The van der Waals surface area contributed by atoms with Crippen molar-refractivity contribution in [2.24, 2.45) is 0 Å². The molecule has 6 aromatic carbocycles. The zero-order valence-corrected chi connectivity index (χ0v) is 22.8. The molecule has 0 amide bonds. The SMILES string of the molecule is c1ccc2cc(-c3cc(-c4ccc(-c5cc6ccccc6cn5)cc4)nc(-c4ccc5ccccc5c4)n3)ccc2c1. The number of aromatic nitrogens is 3. The fourth-order valence-corrected chi connectivity index (χ4v) is 5.60. The Bertz CT molecular complexity index is 2150. The molecule has 0 aliphatic carbocycles. The van der Waals surface area contributed by atoms with Gasteiger partial charge in [-0.15, -0.1) is 0 Å². The molecule has 3 heteroatoms. The lowest BCUT2D eigenvalue weighted by molar-refractivity contribution is 1.18. The Hall–Kier alpha value is -5.67. The lowest BCUT2D eigenvalue weighted by Gasteiger charge is -2.11. The molecule has 3 nitrogen and oxygen atoms in total. The van der Waals surface area contributed by atoms with Crippen molar-refractivity contribution in [3.05, 3.63) is 152 Å². The average molecular weight is 536 g/mol. The Morgan fingerprint density at radius 3 is 1.40 bits per heavy atom. The Balaban J connectivity index is 1.25. The topological polar surface area (TPSA) is 38.7 Å². The van der Waals surface area contributed by atoms with Crippen molar-refractivity contribution < 1.29 is 0 Å². The van der Waals surface area contributed by atoms with Crippen LogP contribution in [0.15, 0.2) is 152 Å². The van der Waals surface area contributed by atoms with Crippen molar-refractivity contribution in [1.29, 1.82) is 0 Å². The maximum absolute atomic E-state index is 5.09. The first-order valence-corrected chi connectivity index (χ1v) is 14.1. The maximum Gasteiger partial charge on any atom is 0.160 e. The van der Waals surface area contributed by atoms with Gasteiger partial charge in [-0.3, -0.25) is 4.98 Å². The van der Waals surface area contributed by atoms with Crippen LogP contribution in [-0.4, -0.2) is 15.0 Å². The van der Waals surface area contributed by atoms with E-state index >= 15 is 0 Å². The molecular weight excluding hydrogens is 510 g/mol. The van der Waals surface area contributed by atoms with E-state index < -0.39 is 0 Å². The van der Waals surface area contributed by atoms with Crippen LogP contribution in [-0.2, 0) is 0 Å². The molecule has 0 aliphatic heterocycles. The normalized spacial score (nSPS) is 11.3. The van der Waals surface area contributed by atoms with Crippen molar-refractivity contribution in [2.75, 3.05) is 0 Å². The summed E-state index contributed by atoms with van der Waals surface area (Å²) in [5, 5.41) is 7.09. The minimum Gasteiger partial charge on any atom is -0.256 e. The fraction of sp³-hybridized carbons (Fsp3) is 0. The summed E-state index contributed by atoms with van der Waals surface area (Å²) in [7, 11) is 0.